The number of likely N-dealkylation sites (tertiary alicyclic amines) is 1. The van der Waals surface area contributed by atoms with E-state index in [2.05, 4.69) is 15.5 Å². The highest BCUT2D eigenvalue weighted by molar-refractivity contribution is 5.89. The van der Waals surface area contributed by atoms with Crippen LogP contribution in [0.5, 0.6) is 5.75 Å². The van der Waals surface area contributed by atoms with E-state index in [4.69, 9.17) is 4.74 Å². The van der Waals surface area contributed by atoms with E-state index in [1.54, 1.807) is 13.3 Å². The molecule has 1 aliphatic rings. The number of H-pyrrole nitrogens is 1. The van der Waals surface area contributed by atoms with E-state index >= 15 is 0 Å². The molecule has 1 fully saturated rings. The molecule has 3 rings (SSSR count). The summed E-state index contributed by atoms with van der Waals surface area (Å²) < 4.78 is 5.18. The third kappa shape index (κ3) is 3.05. The van der Waals surface area contributed by atoms with Crippen LogP contribution in [0.15, 0.2) is 36.7 Å². The average molecular weight is 300 g/mol. The fourth-order valence-corrected chi connectivity index (χ4v) is 2.86. The Labute approximate surface area is 129 Å². The van der Waals surface area contributed by atoms with Crippen molar-refractivity contribution in [3.05, 3.63) is 42.2 Å². The van der Waals surface area contributed by atoms with Gasteiger partial charge in [0.1, 0.15) is 5.75 Å². The van der Waals surface area contributed by atoms with Gasteiger partial charge in [-0.3, -0.25) is 5.10 Å². The van der Waals surface area contributed by atoms with E-state index < -0.39 is 0 Å². The van der Waals surface area contributed by atoms with Crippen molar-refractivity contribution < 1.29 is 9.53 Å². The molecule has 0 saturated carbocycles. The predicted octanol–water partition coefficient (Wildman–Crippen LogP) is 3.18. The van der Waals surface area contributed by atoms with Gasteiger partial charge in [-0.05, 0) is 31.4 Å². The molecular weight excluding hydrogens is 280 g/mol. The van der Waals surface area contributed by atoms with Crippen molar-refractivity contribution >= 4 is 11.7 Å². The average Bonchev–Trinajstić information content (AvgIpc) is 3.09. The minimum absolute atomic E-state index is 0.0816. The van der Waals surface area contributed by atoms with E-state index in [-0.39, 0.29) is 12.1 Å². The van der Waals surface area contributed by atoms with Crippen molar-refractivity contribution in [1.82, 2.24) is 15.1 Å². The third-order valence-corrected chi connectivity index (χ3v) is 3.99. The molecule has 0 spiro atoms. The topological polar surface area (TPSA) is 70.2 Å². The fourth-order valence-electron chi connectivity index (χ4n) is 2.86. The monoisotopic (exact) mass is 300 g/mol. The van der Waals surface area contributed by atoms with Crippen LogP contribution in [0, 0.1) is 0 Å². The van der Waals surface area contributed by atoms with Crippen LogP contribution in [0.3, 0.4) is 0 Å². The van der Waals surface area contributed by atoms with Gasteiger partial charge in [0.2, 0.25) is 0 Å². The van der Waals surface area contributed by atoms with E-state index in [1.807, 2.05) is 35.4 Å². The molecule has 1 aliphatic heterocycles. The van der Waals surface area contributed by atoms with Crippen molar-refractivity contribution in [2.24, 2.45) is 0 Å². The zero-order valence-corrected chi connectivity index (χ0v) is 12.6. The second-order valence-electron chi connectivity index (χ2n) is 5.40. The van der Waals surface area contributed by atoms with Gasteiger partial charge < -0.3 is 15.0 Å². The molecule has 0 aliphatic carbocycles. The Balaban J connectivity index is 1.74. The number of amides is 2. The Hall–Kier alpha value is -2.50. The number of carbonyl (C=O) groups is 1. The van der Waals surface area contributed by atoms with Crippen LogP contribution in [-0.4, -0.2) is 34.8 Å². The Kier molecular flexibility index (Phi) is 4.27. The van der Waals surface area contributed by atoms with Crippen LogP contribution in [0.25, 0.3) is 0 Å². The summed E-state index contributed by atoms with van der Waals surface area (Å²) in [5, 5.41) is 9.78. The van der Waals surface area contributed by atoms with Crippen molar-refractivity contribution in [1.29, 1.82) is 0 Å². The van der Waals surface area contributed by atoms with Crippen LogP contribution >= 0.6 is 0 Å². The fraction of sp³-hybridized carbons (Fsp3) is 0.375. The number of carbonyl (C=O) groups excluding carboxylic acids is 1. The van der Waals surface area contributed by atoms with Gasteiger partial charge in [0.25, 0.3) is 0 Å². The minimum atomic E-state index is -0.0841. The van der Waals surface area contributed by atoms with E-state index in [0.717, 1.165) is 42.8 Å². The molecule has 2 N–H and O–H groups in total. The first kappa shape index (κ1) is 14.4. The molecule has 2 heterocycles. The quantitative estimate of drug-likeness (QED) is 0.914. The maximum atomic E-state index is 12.6. The first-order valence-electron chi connectivity index (χ1n) is 7.48. The van der Waals surface area contributed by atoms with Crippen molar-refractivity contribution in [3.8, 4) is 5.75 Å². The Morgan fingerprint density at radius 2 is 2.36 bits per heavy atom. The number of nitrogens with one attached hydrogen (secondary N) is 2. The van der Waals surface area contributed by atoms with Crippen molar-refractivity contribution in [2.75, 3.05) is 19.0 Å². The summed E-state index contributed by atoms with van der Waals surface area (Å²) in [4.78, 5) is 14.5. The molecule has 1 saturated heterocycles. The van der Waals surface area contributed by atoms with Crippen LogP contribution in [0.1, 0.15) is 30.9 Å². The van der Waals surface area contributed by atoms with Crippen LogP contribution < -0.4 is 10.1 Å². The summed E-state index contributed by atoms with van der Waals surface area (Å²) in [6, 6.07) is 7.38. The lowest BCUT2D eigenvalue weighted by molar-refractivity contribution is 0.163. The summed E-state index contributed by atoms with van der Waals surface area (Å²) in [6.07, 6.45) is 6.77. The van der Waals surface area contributed by atoms with Crippen molar-refractivity contribution in [2.45, 2.75) is 25.3 Å². The molecule has 1 atom stereocenters. The summed E-state index contributed by atoms with van der Waals surface area (Å²) in [5.41, 5.74) is 1.79. The molecule has 0 bridgehead atoms. The highest BCUT2D eigenvalue weighted by Crippen LogP contribution is 2.31. The molecule has 22 heavy (non-hydrogen) atoms. The number of hydrogen-bond acceptors (Lipinski definition) is 3. The molecule has 1 aromatic heterocycles. The summed E-state index contributed by atoms with van der Waals surface area (Å²) in [5.74, 6) is 0.725. The molecule has 6 heteroatoms. The number of hydrogen-bond donors (Lipinski definition) is 2. The first-order valence-corrected chi connectivity index (χ1v) is 7.48. The Bertz CT molecular complexity index is 627. The summed E-state index contributed by atoms with van der Waals surface area (Å²) in [7, 11) is 1.61. The van der Waals surface area contributed by atoms with Gasteiger partial charge in [0.05, 0.1) is 19.3 Å². The molecule has 6 nitrogen and oxygen atoms in total. The highest BCUT2D eigenvalue weighted by atomic mass is 16.5. The zero-order valence-electron chi connectivity index (χ0n) is 12.6. The highest BCUT2D eigenvalue weighted by Gasteiger charge is 2.28. The van der Waals surface area contributed by atoms with Gasteiger partial charge in [-0.15, -0.1) is 0 Å². The number of benzene rings is 1. The first-order chi connectivity index (χ1) is 10.8. The largest absolute Gasteiger partial charge is 0.497 e. The third-order valence-electron chi connectivity index (χ3n) is 3.99. The maximum Gasteiger partial charge on any atom is 0.322 e. The van der Waals surface area contributed by atoms with Gasteiger partial charge in [0.15, 0.2) is 0 Å². The number of urea groups is 1. The lowest BCUT2D eigenvalue weighted by Gasteiger charge is -2.35. The molecule has 0 radical (unpaired) electrons. The lowest BCUT2D eigenvalue weighted by Crippen LogP contribution is -2.41. The summed E-state index contributed by atoms with van der Waals surface area (Å²) in [6.45, 7) is 0.756. The van der Waals surface area contributed by atoms with Crippen LogP contribution in [0.2, 0.25) is 0 Å². The smallest absolute Gasteiger partial charge is 0.322 e. The zero-order chi connectivity index (χ0) is 15.4. The molecule has 1 aromatic carbocycles. The number of aromatic amines is 1. The Morgan fingerprint density at radius 1 is 1.45 bits per heavy atom. The van der Waals surface area contributed by atoms with Gasteiger partial charge in [0, 0.05) is 30.1 Å². The minimum Gasteiger partial charge on any atom is -0.497 e. The van der Waals surface area contributed by atoms with Crippen LogP contribution in [0.4, 0.5) is 10.5 Å². The van der Waals surface area contributed by atoms with Crippen LogP contribution in [-0.2, 0) is 0 Å². The van der Waals surface area contributed by atoms with E-state index in [9.17, 15) is 4.79 Å². The van der Waals surface area contributed by atoms with E-state index in [1.165, 1.54) is 0 Å². The molecule has 2 aromatic rings. The normalized spacial score (nSPS) is 18.0. The number of rotatable bonds is 3. The number of nitrogens with zero attached hydrogens (tertiary/aromatic N) is 2. The van der Waals surface area contributed by atoms with Gasteiger partial charge >= 0.3 is 6.03 Å². The second kappa shape index (κ2) is 6.51. The maximum absolute atomic E-state index is 12.6. The van der Waals surface area contributed by atoms with Gasteiger partial charge in [-0.2, -0.15) is 5.10 Å². The number of piperidine rings is 1. The predicted molar refractivity (Wildman–Crippen MR) is 83.9 cm³/mol. The second-order valence-corrected chi connectivity index (χ2v) is 5.40. The van der Waals surface area contributed by atoms with Gasteiger partial charge in [-0.1, -0.05) is 6.07 Å². The molecule has 2 amide bonds. The van der Waals surface area contributed by atoms with Crippen molar-refractivity contribution in [3.63, 3.8) is 0 Å². The van der Waals surface area contributed by atoms with E-state index in [0.29, 0.717) is 0 Å². The molecule has 116 valence electrons. The lowest BCUT2D eigenvalue weighted by atomic mass is 9.98. The Morgan fingerprint density at radius 3 is 3.14 bits per heavy atom. The number of aromatic nitrogens is 2. The summed E-state index contributed by atoms with van der Waals surface area (Å²) >= 11 is 0. The molecular formula is C16H20N4O2. The number of anilines is 1. The SMILES string of the molecule is COc1cccc(NC(=O)N2CCCC[C@@H]2c2cn[nH]c2)c1. The standard InChI is InChI=1S/C16H20N4O2/c1-22-14-6-4-5-13(9-14)19-16(21)20-8-3-2-7-15(20)12-10-17-18-11-12/h4-6,9-11,15H,2-3,7-8H2,1H3,(H,17,18)(H,19,21)/t15-/m1/s1. The number of ether oxygens (including phenoxy) is 1. The molecule has 0 unspecified atom stereocenters. The van der Waals surface area contributed by atoms with Gasteiger partial charge in [-0.25, -0.2) is 4.79 Å². The number of methoxy groups -OCH3 is 1.